The largest absolute Gasteiger partial charge is 0.340 e. The molecule has 6 nitrogen and oxygen atoms in total. The first-order valence-corrected chi connectivity index (χ1v) is 7.38. The van der Waals surface area contributed by atoms with E-state index in [1.54, 1.807) is 6.33 Å². The molecule has 0 radical (unpaired) electrons. The molecule has 2 rings (SSSR count). The zero-order valence-corrected chi connectivity index (χ0v) is 12.7. The van der Waals surface area contributed by atoms with Gasteiger partial charge in [-0.15, -0.1) is 10.2 Å². The first kappa shape index (κ1) is 15.0. The van der Waals surface area contributed by atoms with E-state index in [-0.39, 0.29) is 11.8 Å². The Kier molecular flexibility index (Phi) is 4.42. The van der Waals surface area contributed by atoms with Crippen molar-refractivity contribution in [1.82, 2.24) is 19.7 Å². The topological polar surface area (TPSA) is 77.0 Å². The molecule has 2 unspecified atom stereocenters. The van der Waals surface area contributed by atoms with Crippen molar-refractivity contribution in [3.63, 3.8) is 0 Å². The van der Waals surface area contributed by atoms with Crippen molar-refractivity contribution >= 4 is 5.91 Å². The summed E-state index contributed by atoms with van der Waals surface area (Å²) in [7, 11) is 1.94. The number of likely N-dealkylation sites (tertiary alicyclic amines) is 1. The van der Waals surface area contributed by atoms with Gasteiger partial charge >= 0.3 is 0 Å². The molecule has 2 heterocycles. The van der Waals surface area contributed by atoms with Gasteiger partial charge in [-0.3, -0.25) is 4.79 Å². The molecule has 0 saturated carbocycles. The van der Waals surface area contributed by atoms with E-state index >= 15 is 0 Å². The Bertz CT molecular complexity index is 468. The molecule has 1 fully saturated rings. The molecule has 0 aliphatic carbocycles. The van der Waals surface area contributed by atoms with Gasteiger partial charge in [0.2, 0.25) is 5.91 Å². The Balaban J connectivity index is 2.07. The number of nitrogens with zero attached hydrogens (tertiary/aromatic N) is 4. The average Bonchev–Trinajstić information content (AvgIpc) is 2.84. The number of carbonyl (C=O) groups is 1. The zero-order chi connectivity index (χ0) is 14.8. The summed E-state index contributed by atoms with van der Waals surface area (Å²) in [6, 6.07) is 0. The number of hydrogen-bond donors (Lipinski definition) is 1. The zero-order valence-electron chi connectivity index (χ0n) is 12.7. The Labute approximate surface area is 120 Å². The van der Waals surface area contributed by atoms with Crippen molar-refractivity contribution in [2.75, 3.05) is 13.1 Å². The van der Waals surface area contributed by atoms with Gasteiger partial charge in [0.1, 0.15) is 12.2 Å². The van der Waals surface area contributed by atoms with Crippen molar-refractivity contribution in [3.05, 3.63) is 12.2 Å². The molecule has 20 heavy (non-hydrogen) atoms. The number of nitrogens with two attached hydrogens (primary N) is 1. The number of amides is 1. The van der Waals surface area contributed by atoms with Crippen LogP contribution in [0, 0.1) is 0 Å². The molecule has 2 atom stereocenters. The predicted molar refractivity (Wildman–Crippen MR) is 77.1 cm³/mol. The van der Waals surface area contributed by atoms with Crippen LogP contribution in [0.4, 0.5) is 0 Å². The Morgan fingerprint density at radius 2 is 2.35 bits per heavy atom. The van der Waals surface area contributed by atoms with Crippen molar-refractivity contribution in [3.8, 4) is 0 Å². The van der Waals surface area contributed by atoms with Crippen molar-refractivity contribution in [1.29, 1.82) is 0 Å². The van der Waals surface area contributed by atoms with Crippen LogP contribution in [-0.4, -0.2) is 44.2 Å². The van der Waals surface area contributed by atoms with Gasteiger partial charge in [0.25, 0.3) is 0 Å². The van der Waals surface area contributed by atoms with Gasteiger partial charge in [-0.1, -0.05) is 13.3 Å². The minimum Gasteiger partial charge on any atom is -0.340 e. The van der Waals surface area contributed by atoms with E-state index in [2.05, 4.69) is 17.1 Å². The van der Waals surface area contributed by atoms with Crippen LogP contribution in [-0.2, 0) is 11.8 Å². The van der Waals surface area contributed by atoms with Crippen molar-refractivity contribution < 1.29 is 4.79 Å². The van der Waals surface area contributed by atoms with E-state index in [9.17, 15) is 4.79 Å². The maximum Gasteiger partial charge on any atom is 0.242 e. The van der Waals surface area contributed by atoms with E-state index in [1.807, 2.05) is 23.4 Å². The summed E-state index contributed by atoms with van der Waals surface area (Å²) in [6.07, 6.45) is 5.38. The van der Waals surface area contributed by atoms with Gasteiger partial charge < -0.3 is 15.2 Å². The molecule has 1 aromatic rings. The lowest BCUT2D eigenvalue weighted by atomic mass is 9.92. The normalized spacial score (nSPS) is 22.6. The molecule has 112 valence electrons. The molecule has 0 bridgehead atoms. The lowest BCUT2D eigenvalue weighted by Crippen LogP contribution is -2.55. The van der Waals surface area contributed by atoms with Crippen molar-refractivity contribution in [2.24, 2.45) is 12.8 Å². The third kappa shape index (κ3) is 3.00. The average molecular weight is 279 g/mol. The summed E-state index contributed by atoms with van der Waals surface area (Å²) in [4.78, 5) is 14.5. The maximum absolute atomic E-state index is 12.6. The van der Waals surface area contributed by atoms with E-state index in [4.69, 9.17) is 5.73 Å². The van der Waals surface area contributed by atoms with Crippen LogP contribution in [0.2, 0.25) is 0 Å². The summed E-state index contributed by atoms with van der Waals surface area (Å²) in [5.41, 5.74) is 5.42. The van der Waals surface area contributed by atoms with E-state index in [1.165, 1.54) is 0 Å². The number of carbonyl (C=O) groups excluding carboxylic acids is 1. The fourth-order valence-electron chi connectivity index (χ4n) is 3.02. The lowest BCUT2D eigenvalue weighted by molar-refractivity contribution is -0.138. The highest BCUT2D eigenvalue weighted by atomic mass is 16.2. The van der Waals surface area contributed by atoms with Crippen LogP contribution in [0.3, 0.4) is 0 Å². The molecule has 6 heteroatoms. The fraction of sp³-hybridized carbons (Fsp3) is 0.786. The Hall–Kier alpha value is -1.43. The first-order chi connectivity index (χ1) is 9.45. The van der Waals surface area contributed by atoms with Crippen molar-refractivity contribution in [2.45, 2.75) is 51.0 Å². The summed E-state index contributed by atoms with van der Waals surface area (Å²) < 4.78 is 1.94. The second-order valence-electron chi connectivity index (χ2n) is 6.06. The highest BCUT2D eigenvalue weighted by molar-refractivity contribution is 5.85. The highest BCUT2D eigenvalue weighted by Crippen LogP contribution is 2.26. The molecule has 1 aliphatic rings. The molecular formula is C14H25N5O. The predicted octanol–water partition coefficient (Wildman–Crippen LogP) is 1.04. The summed E-state index contributed by atoms with van der Waals surface area (Å²) in [5, 5.41) is 8.11. The monoisotopic (exact) mass is 279 g/mol. The van der Waals surface area contributed by atoms with Crippen LogP contribution in [0.15, 0.2) is 6.33 Å². The van der Waals surface area contributed by atoms with Crippen LogP contribution >= 0.6 is 0 Å². The Morgan fingerprint density at radius 3 is 2.95 bits per heavy atom. The van der Waals surface area contributed by atoms with Gasteiger partial charge in [0.15, 0.2) is 0 Å². The molecule has 0 spiro atoms. The van der Waals surface area contributed by atoms with Gasteiger partial charge in [-0.05, 0) is 26.2 Å². The molecule has 0 aromatic carbocycles. The maximum atomic E-state index is 12.6. The number of piperidine rings is 1. The number of aromatic nitrogens is 3. The summed E-state index contributed by atoms with van der Waals surface area (Å²) in [5.74, 6) is 1.28. The first-order valence-electron chi connectivity index (χ1n) is 7.38. The molecule has 1 saturated heterocycles. The van der Waals surface area contributed by atoms with Crippen LogP contribution in [0.5, 0.6) is 0 Å². The second kappa shape index (κ2) is 5.91. The van der Waals surface area contributed by atoms with Crippen LogP contribution in [0.1, 0.15) is 51.3 Å². The quantitative estimate of drug-likeness (QED) is 0.893. The Morgan fingerprint density at radius 1 is 1.60 bits per heavy atom. The van der Waals surface area contributed by atoms with E-state index in [0.717, 1.165) is 38.1 Å². The number of aryl methyl sites for hydroxylation is 1. The number of hydrogen-bond acceptors (Lipinski definition) is 4. The molecule has 1 aromatic heterocycles. The molecule has 1 amide bonds. The van der Waals surface area contributed by atoms with Gasteiger partial charge in [-0.25, -0.2) is 0 Å². The minimum atomic E-state index is -0.753. The fourth-order valence-corrected chi connectivity index (χ4v) is 3.02. The smallest absolute Gasteiger partial charge is 0.242 e. The third-order valence-electron chi connectivity index (χ3n) is 4.08. The standard InChI is InChI=1S/C14H25N5O/c1-4-7-14(2,15)13(20)19-8-5-6-11(9-19)12-17-16-10-18(12)3/h10-11H,4-9,15H2,1-3H3. The SMILES string of the molecule is CCCC(C)(N)C(=O)N1CCCC(c2nncn2C)C1. The third-order valence-corrected chi connectivity index (χ3v) is 4.08. The second-order valence-corrected chi connectivity index (χ2v) is 6.06. The van der Waals surface area contributed by atoms with Crippen LogP contribution in [0.25, 0.3) is 0 Å². The summed E-state index contributed by atoms with van der Waals surface area (Å²) in [6.45, 7) is 5.38. The highest BCUT2D eigenvalue weighted by Gasteiger charge is 2.35. The summed E-state index contributed by atoms with van der Waals surface area (Å²) >= 11 is 0. The molecular weight excluding hydrogens is 254 g/mol. The molecule has 2 N–H and O–H groups in total. The number of rotatable bonds is 4. The van der Waals surface area contributed by atoms with E-state index in [0.29, 0.717) is 6.54 Å². The lowest BCUT2D eigenvalue weighted by Gasteiger charge is -2.37. The van der Waals surface area contributed by atoms with Gasteiger partial charge in [0.05, 0.1) is 5.54 Å². The minimum absolute atomic E-state index is 0.0613. The van der Waals surface area contributed by atoms with Gasteiger partial charge in [0, 0.05) is 26.1 Å². The van der Waals surface area contributed by atoms with Gasteiger partial charge in [-0.2, -0.15) is 0 Å². The molecule has 1 aliphatic heterocycles. The van der Waals surface area contributed by atoms with Crippen LogP contribution < -0.4 is 5.73 Å². The van der Waals surface area contributed by atoms with E-state index < -0.39 is 5.54 Å².